The summed E-state index contributed by atoms with van der Waals surface area (Å²) in [6.45, 7) is 1.43. The van der Waals surface area contributed by atoms with Crippen molar-refractivity contribution < 1.29 is 34.4 Å². The molecule has 0 saturated carbocycles. The smallest absolute Gasteiger partial charge is 0.408 e. The van der Waals surface area contributed by atoms with Gasteiger partial charge in [0, 0.05) is 30.3 Å². The van der Waals surface area contributed by atoms with E-state index in [1.165, 1.54) is 28.6 Å². The van der Waals surface area contributed by atoms with Gasteiger partial charge in [0.25, 0.3) is 0 Å². The van der Waals surface area contributed by atoms with E-state index in [2.05, 4.69) is 10.3 Å². The molecule has 0 amide bonds. The molecule has 2 fully saturated rings. The predicted molar refractivity (Wildman–Crippen MR) is 127 cm³/mol. The maximum absolute atomic E-state index is 13.6. The van der Waals surface area contributed by atoms with Crippen molar-refractivity contribution >= 4 is 31.0 Å². The molecule has 2 saturated heterocycles. The second-order valence-corrected chi connectivity index (χ2v) is 13.6. The number of halogens is 3. The number of oxazole rings is 1. The molecule has 200 valence electrons. The summed E-state index contributed by atoms with van der Waals surface area (Å²) in [5, 5.41) is 3.22. The molecular weight excluding hydrogens is 535 g/mol. The number of alkyl halides is 3. The number of benzene rings is 2. The van der Waals surface area contributed by atoms with Gasteiger partial charge in [-0.2, -0.15) is 17.5 Å². The number of sulfone groups is 1. The first-order valence-electron chi connectivity index (χ1n) is 11.5. The molecule has 2 aliphatic heterocycles. The van der Waals surface area contributed by atoms with E-state index in [9.17, 15) is 34.8 Å². The highest BCUT2D eigenvalue weighted by molar-refractivity contribution is 7.90. The topological polar surface area (TPSA) is 130 Å². The third kappa shape index (κ3) is 4.71. The minimum absolute atomic E-state index is 0.0652. The second kappa shape index (κ2) is 8.68. The summed E-state index contributed by atoms with van der Waals surface area (Å²) < 4.78 is 98.6. The minimum atomic E-state index is -4.77. The number of nitrogens with one attached hydrogen (secondary N) is 2. The lowest BCUT2D eigenvalue weighted by Gasteiger charge is -2.58. The Kier molecular flexibility index (Phi) is 6.09. The number of piperidine rings is 1. The molecule has 14 heteroatoms. The molecule has 0 bridgehead atoms. The van der Waals surface area contributed by atoms with Crippen LogP contribution in [0.2, 0.25) is 0 Å². The van der Waals surface area contributed by atoms with Crippen LogP contribution in [0, 0.1) is 5.41 Å². The number of fused-ring (bicyclic) bond motifs is 1. The zero-order valence-corrected chi connectivity index (χ0v) is 21.3. The first-order valence-corrected chi connectivity index (χ1v) is 14.8. The van der Waals surface area contributed by atoms with Gasteiger partial charge in [-0.05, 0) is 68.2 Å². The molecule has 1 spiro atoms. The Hall–Kier alpha value is -2.68. The summed E-state index contributed by atoms with van der Waals surface area (Å²) >= 11 is 0. The van der Waals surface area contributed by atoms with Gasteiger partial charge in [-0.15, -0.1) is 0 Å². The maximum atomic E-state index is 13.6. The predicted octanol–water partition coefficient (Wildman–Crippen LogP) is 2.53. The van der Waals surface area contributed by atoms with E-state index in [0.29, 0.717) is 37.5 Å². The first kappa shape index (κ1) is 25.9. The number of aromatic nitrogens is 1. The Labute approximate surface area is 210 Å². The molecule has 9 nitrogen and oxygen atoms in total. The normalized spacial score (nSPS) is 20.8. The molecule has 1 unspecified atom stereocenters. The van der Waals surface area contributed by atoms with Crippen molar-refractivity contribution in [2.45, 2.75) is 41.3 Å². The number of H-pyrrole nitrogens is 1. The summed E-state index contributed by atoms with van der Waals surface area (Å²) in [7, 11) is -8.06. The van der Waals surface area contributed by atoms with E-state index in [1.54, 1.807) is 0 Å². The van der Waals surface area contributed by atoms with Gasteiger partial charge < -0.3 is 9.73 Å². The van der Waals surface area contributed by atoms with E-state index >= 15 is 0 Å². The molecule has 0 aliphatic carbocycles. The van der Waals surface area contributed by atoms with E-state index in [0.717, 1.165) is 12.3 Å². The molecule has 37 heavy (non-hydrogen) atoms. The molecule has 1 atom stereocenters. The summed E-state index contributed by atoms with van der Waals surface area (Å²) in [5.74, 6) is -0.730. The van der Waals surface area contributed by atoms with Gasteiger partial charge in [-0.1, -0.05) is 0 Å². The molecule has 5 rings (SSSR count). The van der Waals surface area contributed by atoms with Crippen molar-refractivity contribution in [1.29, 1.82) is 0 Å². The third-order valence-corrected chi connectivity index (χ3v) is 10.2. The fraction of sp³-hybridized carbons (Fsp3) is 0.435. The Morgan fingerprint density at radius 2 is 1.76 bits per heavy atom. The van der Waals surface area contributed by atoms with Crippen LogP contribution in [0.1, 0.15) is 24.0 Å². The van der Waals surface area contributed by atoms with Crippen LogP contribution in [-0.4, -0.2) is 58.1 Å². The molecule has 1 aromatic heterocycles. The van der Waals surface area contributed by atoms with E-state index in [1.807, 2.05) is 0 Å². The molecule has 0 radical (unpaired) electrons. The summed E-state index contributed by atoms with van der Waals surface area (Å²) in [6.07, 6.45) is -2.80. The summed E-state index contributed by atoms with van der Waals surface area (Å²) in [5.41, 5.74) is -1.09. The van der Waals surface area contributed by atoms with Crippen LogP contribution < -0.4 is 11.1 Å². The van der Waals surface area contributed by atoms with E-state index in [4.69, 9.17) is 4.42 Å². The highest BCUT2D eigenvalue weighted by Gasteiger charge is 2.56. The maximum Gasteiger partial charge on any atom is 0.417 e. The van der Waals surface area contributed by atoms with Crippen molar-refractivity contribution in [1.82, 2.24) is 14.6 Å². The zero-order valence-electron chi connectivity index (χ0n) is 19.6. The van der Waals surface area contributed by atoms with Crippen molar-refractivity contribution in [3.05, 3.63) is 58.1 Å². The van der Waals surface area contributed by atoms with E-state index in [-0.39, 0.29) is 29.0 Å². The lowest BCUT2D eigenvalue weighted by Crippen LogP contribution is -2.69. The quantitative estimate of drug-likeness (QED) is 0.492. The standard InChI is InChI=1S/C23H24F3N3O6S2/c1-36(31,32)17-9-14(8-15(11-17)23(24,25)26)10-20-22(4-6-27-7-5-22)13-29(20)37(33,34)16-2-3-18-19(12-16)35-21(30)28-18/h2-3,8-9,11-12,20,27H,4-7,10,13H2,1H3,(H,28,30). The van der Waals surface area contributed by atoms with Gasteiger partial charge in [0.05, 0.1) is 20.9 Å². The van der Waals surface area contributed by atoms with Gasteiger partial charge in [0.15, 0.2) is 15.4 Å². The largest absolute Gasteiger partial charge is 0.417 e. The molecular formula is C23H24F3N3O6S2. The number of sulfonamides is 1. The average molecular weight is 560 g/mol. The van der Waals surface area contributed by atoms with Crippen molar-refractivity contribution in [3.63, 3.8) is 0 Å². The van der Waals surface area contributed by atoms with Crippen LogP contribution in [0.15, 0.2) is 55.4 Å². The number of hydrogen-bond donors (Lipinski definition) is 2. The summed E-state index contributed by atoms with van der Waals surface area (Å²) in [6, 6.07) is 5.95. The van der Waals surface area contributed by atoms with Gasteiger partial charge in [-0.25, -0.2) is 21.6 Å². The van der Waals surface area contributed by atoms with Crippen LogP contribution in [0.3, 0.4) is 0 Å². The minimum Gasteiger partial charge on any atom is -0.408 e. The van der Waals surface area contributed by atoms with Gasteiger partial charge in [0.1, 0.15) is 0 Å². The van der Waals surface area contributed by atoms with Gasteiger partial charge >= 0.3 is 11.9 Å². The average Bonchev–Trinajstić information content (AvgIpc) is 3.19. The SMILES string of the molecule is CS(=O)(=O)c1cc(CC2N(S(=O)(=O)c3ccc4[nH]c(=O)oc4c3)CC23CCNCC3)cc(C(F)(F)F)c1. The van der Waals surface area contributed by atoms with Crippen molar-refractivity contribution in [2.75, 3.05) is 25.9 Å². The van der Waals surface area contributed by atoms with Crippen molar-refractivity contribution in [2.24, 2.45) is 5.41 Å². The number of nitrogens with zero attached hydrogens (tertiary/aromatic N) is 1. The highest BCUT2D eigenvalue weighted by atomic mass is 32.2. The number of rotatable bonds is 5. The van der Waals surface area contributed by atoms with Crippen LogP contribution >= 0.6 is 0 Å². The Bertz CT molecular complexity index is 1640. The zero-order chi connectivity index (χ0) is 26.8. The Morgan fingerprint density at radius 1 is 1.05 bits per heavy atom. The number of hydrogen-bond acceptors (Lipinski definition) is 7. The Balaban J connectivity index is 1.56. The fourth-order valence-corrected chi connectivity index (χ4v) is 7.84. The fourth-order valence-electron chi connectivity index (χ4n) is 5.31. The van der Waals surface area contributed by atoms with Crippen LogP contribution in [-0.2, 0) is 32.5 Å². The molecule has 2 aromatic carbocycles. The molecule has 3 aromatic rings. The lowest BCUT2D eigenvalue weighted by molar-refractivity contribution is -0.137. The van der Waals surface area contributed by atoms with Gasteiger partial charge in [-0.3, -0.25) is 4.98 Å². The monoisotopic (exact) mass is 559 g/mol. The lowest BCUT2D eigenvalue weighted by atomic mass is 9.65. The Morgan fingerprint density at radius 3 is 2.41 bits per heavy atom. The first-order chi connectivity index (χ1) is 17.2. The van der Waals surface area contributed by atoms with Crippen LogP contribution in [0.4, 0.5) is 13.2 Å². The van der Waals surface area contributed by atoms with Crippen LogP contribution in [0.25, 0.3) is 11.1 Å². The second-order valence-electron chi connectivity index (χ2n) is 9.69. The highest BCUT2D eigenvalue weighted by Crippen LogP contribution is 2.49. The third-order valence-electron chi connectivity index (χ3n) is 7.27. The van der Waals surface area contributed by atoms with E-state index < -0.39 is 53.7 Å². The van der Waals surface area contributed by atoms with Crippen LogP contribution in [0.5, 0.6) is 0 Å². The summed E-state index contributed by atoms with van der Waals surface area (Å²) in [4.78, 5) is 13.3. The number of aromatic amines is 1. The molecule has 2 N–H and O–H groups in total. The van der Waals surface area contributed by atoms with Crippen molar-refractivity contribution in [3.8, 4) is 0 Å². The van der Waals surface area contributed by atoms with Gasteiger partial charge in [0.2, 0.25) is 10.0 Å². The molecule has 3 heterocycles. The molecule has 2 aliphatic rings.